The molecule has 0 aliphatic carbocycles. The van der Waals surface area contributed by atoms with Gasteiger partial charge in [-0.05, 0) is 6.20 Å². The van der Waals surface area contributed by atoms with Crippen molar-refractivity contribution >= 4 is 0 Å². The molecule has 0 fully saturated rings. The standard InChI is InChI=1S/C9H17N/c1-6-9(2,3)7-8-10(4)5/h6-8H,1H2,2-5H3/b8-7-. The first kappa shape index (κ1) is 9.28. The van der Waals surface area contributed by atoms with Crippen LogP contribution in [0, 0.1) is 5.41 Å². The van der Waals surface area contributed by atoms with Crippen LogP contribution in [0.15, 0.2) is 24.9 Å². The van der Waals surface area contributed by atoms with E-state index in [0.717, 1.165) is 0 Å². The summed E-state index contributed by atoms with van der Waals surface area (Å²) in [5.41, 5.74) is 0.115. The minimum absolute atomic E-state index is 0.115. The zero-order chi connectivity index (χ0) is 8.20. The number of nitrogens with zero attached hydrogens (tertiary/aromatic N) is 1. The highest BCUT2D eigenvalue weighted by Gasteiger charge is 2.06. The summed E-state index contributed by atoms with van der Waals surface area (Å²) in [4.78, 5) is 2.02. The topological polar surface area (TPSA) is 3.24 Å². The van der Waals surface area contributed by atoms with E-state index in [1.165, 1.54) is 0 Å². The van der Waals surface area contributed by atoms with E-state index in [0.29, 0.717) is 0 Å². The van der Waals surface area contributed by atoms with Crippen molar-refractivity contribution in [2.24, 2.45) is 5.41 Å². The molecule has 0 rings (SSSR count). The van der Waals surface area contributed by atoms with Crippen molar-refractivity contribution in [3.8, 4) is 0 Å². The van der Waals surface area contributed by atoms with Crippen LogP contribution in [0.5, 0.6) is 0 Å². The lowest BCUT2D eigenvalue weighted by molar-refractivity contribution is 0.538. The summed E-state index contributed by atoms with van der Waals surface area (Å²) >= 11 is 0. The van der Waals surface area contributed by atoms with Crippen molar-refractivity contribution in [3.63, 3.8) is 0 Å². The molecule has 0 unspecified atom stereocenters. The maximum absolute atomic E-state index is 3.74. The largest absolute Gasteiger partial charge is 0.384 e. The molecule has 0 amide bonds. The molecule has 0 heterocycles. The molecular formula is C9H17N. The normalized spacial score (nSPS) is 12.0. The lowest BCUT2D eigenvalue weighted by atomic mass is 9.94. The van der Waals surface area contributed by atoms with Crippen LogP contribution in [0.2, 0.25) is 0 Å². The first-order valence-corrected chi connectivity index (χ1v) is 3.47. The highest BCUT2D eigenvalue weighted by atomic mass is 15.0. The predicted molar refractivity (Wildman–Crippen MR) is 46.8 cm³/mol. The Balaban J connectivity index is 3.98. The number of hydrogen-bond donors (Lipinski definition) is 0. The lowest BCUT2D eigenvalue weighted by Gasteiger charge is -2.14. The van der Waals surface area contributed by atoms with Crippen LogP contribution in [0.3, 0.4) is 0 Å². The lowest BCUT2D eigenvalue weighted by Crippen LogP contribution is -2.06. The van der Waals surface area contributed by atoms with Gasteiger partial charge in [0, 0.05) is 19.5 Å². The molecule has 10 heavy (non-hydrogen) atoms. The molecule has 0 bridgehead atoms. The summed E-state index contributed by atoms with van der Waals surface area (Å²) < 4.78 is 0. The summed E-state index contributed by atoms with van der Waals surface area (Å²) in [7, 11) is 4.02. The van der Waals surface area contributed by atoms with Crippen LogP contribution in [0.1, 0.15) is 13.8 Å². The molecule has 0 saturated heterocycles. The van der Waals surface area contributed by atoms with Gasteiger partial charge in [-0.25, -0.2) is 0 Å². The van der Waals surface area contributed by atoms with E-state index in [1.807, 2.05) is 31.3 Å². The van der Waals surface area contributed by atoms with Crippen LogP contribution in [-0.4, -0.2) is 19.0 Å². The zero-order valence-electron chi connectivity index (χ0n) is 7.39. The van der Waals surface area contributed by atoms with Crippen molar-refractivity contribution in [2.45, 2.75) is 13.8 Å². The van der Waals surface area contributed by atoms with Crippen molar-refractivity contribution in [2.75, 3.05) is 14.1 Å². The predicted octanol–water partition coefficient (Wildman–Crippen LogP) is 2.27. The molecule has 0 aliphatic heterocycles. The Morgan fingerprint density at radius 2 is 1.80 bits per heavy atom. The van der Waals surface area contributed by atoms with E-state index < -0.39 is 0 Å². The maximum atomic E-state index is 3.74. The molecule has 0 aromatic carbocycles. The number of rotatable bonds is 3. The minimum Gasteiger partial charge on any atom is -0.384 e. The average molecular weight is 139 g/mol. The Labute approximate surface area is 64.0 Å². The SMILES string of the molecule is C=CC(C)(C)/C=C\N(C)C. The van der Waals surface area contributed by atoms with Gasteiger partial charge in [0.15, 0.2) is 0 Å². The molecule has 0 saturated carbocycles. The Bertz CT molecular complexity index is 132. The average Bonchev–Trinajstić information content (AvgIpc) is 1.85. The number of allylic oxidation sites excluding steroid dienone is 2. The van der Waals surface area contributed by atoms with Gasteiger partial charge in [0.1, 0.15) is 0 Å². The maximum Gasteiger partial charge on any atom is 0.00555 e. The second kappa shape index (κ2) is 3.45. The molecule has 0 aliphatic rings. The van der Waals surface area contributed by atoms with Crippen molar-refractivity contribution in [1.82, 2.24) is 4.90 Å². The number of hydrogen-bond acceptors (Lipinski definition) is 1. The van der Waals surface area contributed by atoms with Gasteiger partial charge < -0.3 is 4.90 Å². The molecule has 0 aromatic heterocycles. The van der Waals surface area contributed by atoms with E-state index in [9.17, 15) is 0 Å². The summed E-state index contributed by atoms with van der Waals surface area (Å²) in [6, 6.07) is 0. The highest BCUT2D eigenvalue weighted by Crippen LogP contribution is 2.17. The van der Waals surface area contributed by atoms with Gasteiger partial charge in [-0.2, -0.15) is 0 Å². The quantitative estimate of drug-likeness (QED) is 0.542. The minimum atomic E-state index is 0.115. The summed E-state index contributed by atoms with van der Waals surface area (Å²) in [6.45, 7) is 7.99. The van der Waals surface area contributed by atoms with Crippen LogP contribution >= 0.6 is 0 Å². The van der Waals surface area contributed by atoms with Crippen molar-refractivity contribution in [3.05, 3.63) is 24.9 Å². The fourth-order valence-corrected chi connectivity index (χ4v) is 0.409. The Hall–Kier alpha value is -0.720. The van der Waals surface area contributed by atoms with Gasteiger partial charge in [0.25, 0.3) is 0 Å². The van der Waals surface area contributed by atoms with E-state index in [4.69, 9.17) is 0 Å². The molecule has 0 spiro atoms. The molecule has 1 nitrogen and oxygen atoms in total. The van der Waals surface area contributed by atoms with Gasteiger partial charge in [-0.1, -0.05) is 26.0 Å². The third kappa shape index (κ3) is 4.19. The van der Waals surface area contributed by atoms with Gasteiger partial charge in [-0.15, -0.1) is 6.58 Å². The van der Waals surface area contributed by atoms with Crippen LogP contribution in [0.25, 0.3) is 0 Å². The first-order valence-electron chi connectivity index (χ1n) is 3.47. The van der Waals surface area contributed by atoms with Gasteiger partial charge >= 0.3 is 0 Å². The van der Waals surface area contributed by atoms with E-state index in [-0.39, 0.29) is 5.41 Å². The van der Waals surface area contributed by atoms with E-state index in [2.05, 4.69) is 26.5 Å². The molecule has 0 radical (unpaired) electrons. The summed E-state index contributed by atoms with van der Waals surface area (Å²) in [5, 5.41) is 0. The van der Waals surface area contributed by atoms with E-state index >= 15 is 0 Å². The van der Waals surface area contributed by atoms with Crippen molar-refractivity contribution in [1.29, 1.82) is 0 Å². The first-order chi connectivity index (χ1) is 4.48. The highest BCUT2D eigenvalue weighted by molar-refractivity contribution is 5.03. The molecule has 0 N–H and O–H groups in total. The second-order valence-corrected chi connectivity index (χ2v) is 3.30. The third-order valence-electron chi connectivity index (χ3n) is 1.33. The smallest absolute Gasteiger partial charge is 0.00555 e. The monoisotopic (exact) mass is 139 g/mol. The van der Waals surface area contributed by atoms with Crippen molar-refractivity contribution < 1.29 is 0 Å². The molecule has 1 heteroatoms. The van der Waals surface area contributed by atoms with E-state index in [1.54, 1.807) is 0 Å². The van der Waals surface area contributed by atoms with Gasteiger partial charge in [-0.3, -0.25) is 0 Å². The van der Waals surface area contributed by atoms with Crippen LogP contribution in [0.4, 0.5) is 0 Å². The van der Waals surface area contributed by atoms with Crippen LogP contribution in [-0.2, 0) is 0 Å². The fraction of sp³-hybridized carbons (Fsp3) is 0.556. The molecule has 0 atom stereocenters. The van der Waals surface area contributed by atoms with Crippen LogP contribution < -0.4 is 0 Å². The zero-order valence-corrected chi connectivity index (χ0v) is 7.39. The molecule has 58 valence electrons. The molecular weight excluding hydrogens is 122 g/mol. The Kier molecular flexibility index (Phi) is 3.20. The van der Waals surface area contributed by atoms with Gasteiger partial charge in [0.05, 0.1) is 0 Å². The Morgan fingerprint density at radius 3 is 2.10 bits per heavy atom. The third-order valence-corrected chi connectivity index (χ3v) is 1.33. The fourth-order valence-electron chi connectivity index (χ4n) is 0.409. The second-order valence-electron chi connectivity index (χ2n) is 3.30. The summed E-state index contributed by atoms with van der Waals surface area (Å²) in [5.74, 6) is 0. The summed E-state index contributed by atoms with van der Waals surface area (Å²) in [6.07, 6.45) is 6.11. The van der Waals surface area contributed by atoms with Gasteiger partial charge in [0.2, 0.25) is 0 Å². The Morgan fingerprint density at radius 1 is 1.30 bits per heavy atom. The molecule has 0 aromatic rings.